The van der Waals surface area contributed by atoms with Gasteiger partial charge in [0.05, 0.1) is 13.7 Å². The number of carbonyl (C=O) groups is 1. The van der Waals surface area contributed by atoms with Crippen LogP contribution in [0.15, 0.2) is 10.5 Å². The van der Waals surface area contributed by atoms with Gasteiger partial charge >= 0.3 is 5.97 Å². The Bertz CT molecular complexity index is 484. The van der Waals surface area contributed by atoms with Crippen molar-refractivity contribution in [3.05, 3.63) is 23.2 Å². The lowest BCUT2D eigenvalue weighted by atomic mass is 10.0. The predicted octanol–water partition coefficient (Wildman–Crippen LogP) is 2.34. The molecule has 1 aliphatic heterocycles. The summed E-state index contributed by atoms with van der Waals surface area (Å²) in [6.45, 7) is 8.99. The molecule has 5 nitrogen and oxygen atoms in total. The van der Waals surface area contributed by atoms with Crippen LogP contribution in [0.5, 0.6) is 0 Å². The molecule has 2 unspecified atom stereocenters. The Morgan fingerprint density at radius 3 is 2.86 bits per heavy atom. The summed E-state index contributed by atoms with van der Waals surface area (Å²) in [6, 6.07) is 2.86. The van der Waals surface area contributed by atoms with Crippen LogP contribution in [0.2, 0.25) is 0 Å². The van der Waals surface area contributed by atoms with E-state index in [2.05, 4.69) is 24.1 Å². The predicted molar refractivity (Wildman–Crippen MR) is 81.4 cm³/mol. The van der Waals surface area contributed by atoms with Gasteiger partial charge < -0.3 is 14.5 Å². The molecule has 0 radical (unpaired) electrons. The average molecular weight is 294 g/mol. The van der Waals surface area contributed by atoms with E-state index in [1.54, 1.807) is 6.92 Å². The van der Waals surface area contributed by atoms with E-state index in [0.29, 0.717) is 23.4 Å². The molecule has 2 atom stereocenters. The maximum absolute atomic E-state index is 11.7. The zero-order chi connectivity index (χ0) is 15.4. The Labute approximate surface area is 126 Å². The number of aryl methyl sites for hydroxylation is 1. The highest BCUT2D eigenvalue weighted by molar-refractivity contribution is 5.90. The molecule has 0 amide bonds. The average Bonchev–Trinajstić information content (AvgIpc) is 2.86. The van der Waals surface area contributed by atoms with Crippen molar-refractivity contribution in [3.8, 4) is 0 Å². The van der Waals surface area contributed by atoms with Crippen LogP contribution in [0.1, 0.15) is 48.6 Å². The summed E-state index contributed by atoms with van der Waals surface area (Å²) in [5.41, 5.74) is 0.530. The van der Waals surface area contributed by atoms with Crippen LogP contribution in [0.4, 0.5) is 0 Å². The first-order chi connectivity index (χ1) is 10.1. The van der Waals surface area contributed by atoms with Crippen LogP contribution < -0.4 is 5.32 Å². The summed E-state index contributed by atoms with van der Waals surface area (Å²) < 4.78 is 10.5. The van der Waals surface area contributed by atoms with Gasteiger partial charge in [-0.2, -0.15) is 0 Å². The van der Waals surface area contributed by atoms with Crippen LogP contribution in [-0.2, 0) is 11.3 Å². The van der Waals surface area contributed by atoms with Gasteiger partial charge in [0.2, 0.25) is 0 Å². The topological polar surface area (TPSA) is 54.7 Å². The maximum Gasteiger partial charge on any atom is 0.341 e. The maximum atomic E-state index is 11.7. The monoisotopic (exact) mass is 294 g/mol. The zero-order valence-corrected chi connectivity index (χ0v) is 13.4. The Morgan fingerprint density at radius 2 is 2.24 bits per heavy atom. The van der Waals surface area contributed by atoms with E-state index in [1.807, 2.05) is 6.07 Å². The number of nitrogens with one attached hydrogen (secondary N) is 1. The number of nitrogens with zero attached hydrogens (tertiary/aromatic N) is 1. The molecule has 0 spiro atoms. The van der Waals surface area contributed by atoms with Gasteiger partial charge in [-0.3, -0.25) is 4.90 Å². The van der Waals surface area contributed by atoms with Crippen LogP contribution in [-0.4, -0.2) is 43.2 Å². The number of rotatable bonds is 5. The molecule has 2 rings (SSSR count). The summed E-state index contributed by atoms with van der Waals surface area (Å²) in [7, 11) is 1.39. The SMILES string of the molecule is CCC1CN(Cc2cc(C(=O)OC)c(C)o2)C(CC)CN1. The lowest BCUT2D eigenvalue weighted by Crippen LogP contribution is -2.55. The summed E-state index contributed by atoms with van der Waals surface area (Å²) in [6.07, 6.45) is 2.23. The van der Waals surface area contributed by atoms with Gasteiger partial charge in [-0.15, -0.1) is 0 Å². The van der Waals surface area contributed by atoms with Crippen LogP contribution in [0.25, 0.3) is 0 Å². The Hall–Kier alpha value is -1.33. The Balaban J connectivity index is 2.10. The van der Waals surface area contributed by atoms with E-state index in [4.69, 9.17) is 9.15 Å². The van der Waals surface area contributed by atoms with E-state index >= 15 is 0 Å². The first-order valence-corrected chi connectivity index (χ1v) is 7.74. The third-order valence-corrected chi connectivity index (χ3v) is 4.31. The number of ether oxygens (including phenoxy) is 1. The van der Waals surface area contributed by atoms with Crippen molar-refractivity contribution in [2.75, 3.05) is 20.2 Å². The molecule has 0 saturated carbocycles. The lowest BCUT2D eigenvalue weighted by Gasteiger charge is -2.39. The summed E-state index contributed by atoms with van der Waals surface area (Å²) in [4.78, 5) is 14.1. The summed E-state index contributed by atoms with van der Waals surface area (Å²) >= 11 is 0. The minimum absolute atomic E-state index is 0.332. The number of furan rings is 1. The van der Waals surface area contributed by atoms with Crippen molar-refractivity contribution in [1.29, 1.82) is 0 Å². The highest BCUT2D eigenvalue weighted by Crippen LogP contribution is 2.20. The van der Waals surface area contributed by atoms with Crippen molar-refractivity contribution in [1.82, 2.24) is 10.2 Å². The van der Waals surface area contributed by atoms with Gasteiger partial charge in [0.25, 0.3) is 0 Å². The van der Waals surface area contributed by atoms with Crippen LogP contribution in [0, 0.1) is 6.92 Å². The molecule has 1 aromatic rings. The first kappa shape index (κ1) is 16.0. The lowest BCUT2D eigenvalue weighted by molar-refractivity contribution is 0.0599. The molecule has 0 bridgehead atoms. The molecule has 1 fully saturated rings. The van der Waals surface area contributed by atoms with Crippen LogP contribution in [0.3, 0.4) is 0 Å². The van der Waals surface area contributed by atoms with E-state index in [1.165, 1.54) is 7.11 Å². The zero-order valence-electron chi connectivity index (χ0n) is 13.4. The number of hydrogen-bond acceptors (Lipinski definition) is 5. The number of methoxy groups -OCH3 is 1. The van der Waals surface area contributed by atoms with Gasteiger partial charge in [0, 0.05) is 25.2 Å². The largest absolute Gasteiger partial charge is 0.465 e. The molecule has 1 saturated heterocycles. The smallest absolute Gasteiger partial charge is 0.341 e. The normalized spacial score (nSPS) is 23.2. The fourth-order valence-electron chi connectivity index (χ4n) is 2.93. The summed E-state index contributed by atoms with van der Waals surface area (Å²) in [5.74, 6) is 1.14. The molecule has 5 heteroatoms. The fourth-order valence-corrected chi connectivity index (χ4v) is 2.93. The molecule has 0 aliphatic carbocycles. The van der Waals surface area contributed by atoms with Crippen molar-refractivity contribution >= 4 is 5.97 Å². The van der Waals surface area contributed by atoms with E-state index in [-0.39, 0.29) is 5.97 Å². The second-order valence-corrected chi connectivity index (χ2v) is 5.68. The highest BCUT2D eigenvalue weighted by Gasteiger charge is 2.27. The van der Waals surface area contributed by atoms with Gasteiger partial charge in [-0.25, -0.2) is 4.79 Å². The van der Waals surface area contributed by atoms with Gasteiger partial charge in [0.1, 0.15) is 17.1 Å². The van der Waals surface area contributed by atoms with Gasteiger partial charge in [-0.05, 0) is 25.8 Å². The van der Waals surface area contributed by atoms with Crippen molar-refractivity contribution in [2.45, 2.75) is 52.2 Å². The van der Waals surface area contributed by atoms with E-state index in [0.717, 1.165) is 38.2 Å². The Kier molecular flexibility index (Phi) is 5.42. The third-order valence-electron chi connectivity index (χ3n) is 4.31. The first-order valence-electron chi connectivity index (χ1n) is 7.74. The molecule has 2 heterocycles. The quantitative estimate of drug-likeness (QED) is 0.845. The fraction of sp³-hybridized carbons (Fsp3) is 0.688. The molecule has 1 aromatic heterocycles. The van der Waals surface area contributed by atoms with E-state index in [9.17, 15) is 4.79 Å². The van der Waals surface area contributed by atoms with Crippen molar-refractivity contribution in [3.63, 3.8) is 0 Å². The molecule has 1 aliphatic rings. The molecular formula is C16H26N2O3. The molecular weight excluding hydrogens is 268 g/mol. The van der Waals surface area contributed by atoms with Gasteiger partial charge in [-0.1, -0.05) is 13.8 Å². The minimum Gasteiger partial charge on any atom is -0.465 e. The van der Waals surface area contributed by atoms with Crippen molar-refractivity contribution < 1.29 is 13.9 Å². The number of hydrogen-bond donors (Lipinski definition) is 1. The Morgan fingerprint density at radius 1 is 1.48 bits per heavy atom. The highest BCUT2D eigenvalue weighted by atomic mass is 16.5. The van der Waals surface area contributed by atoms with Gasteiger partial charge in [0.15, 0.2) is 0 Å². The second kappa shape index (κ2) is 7.09. The molecule has 1 N–H and O–H groups in total. The van der Waals surface area contributed by atoms with Crippen molar-refractivity contribution in [2.24, 2.45) is 0 Å². The number of esters is 1. The summed E-state index contributed by atoms with van der Waals surface area (Å²) in [5, 5.41) is 3.58. The van der Waals surface area contributed by atoms with E-state index < -0.39 is 0 Å². The third kappa shape index (κ3) is 3.66. The number of carbonyl (C=O) groups excluding carboxylic acids is 1. The minimum atomic E-state index is -0.332. The van der Waals surface area contributed by atoms with Crippen LogP contribution >= 0.6 is 0 Å². The molecule has 21 heavy (non-hydrogen) atoms. The molecule has 118 valence electrons. The number of piperazine rings is 1. The second-order valence-electron chi connectivity index (χ2n) is 5.68. The molecule has 0 aromatic carbocycles. The standard InChI is InChI=1S/C16H26N2O3/c1-5-12-9-18(13(6-2)8-17-12)10-14-7-15(11(3)21-14)16(19)20-4/h7,12-13,17H,5-6,8-10H2,1-4H3.